The number of anilines is 1. The van der Waals surface area contributed by atoms with Crippen LogP contribution in [0.15, 0.2) is 24.3 Å². The Bertz CT molecular complexity index is 884. The normalized spacial score (nSPS) is 42.5. The van der Waals surface area contributed by atoms with E-state index in [9.17, 15) is 0 Å². The van der Waals surface area contributed by atoms with E-state index in [1.807, 2.05) is 0 Å². The molecule has 1 aromatic carbocycles. The third kappa shape index (κ3) is 4.37. The van der Waals surface area contributed by atoms with Crippen molar-refractivity contribution in [3.8, 4) is 0 Å². The molecule has 1 aromatic rings. The summed E-state index contributed by atoms with van der Waals surface area (Å²) >= 11 is 0. The van der Waals surface area contributed by atoms with Gasteiger partial charge in [0.2, 0.25) is 0 Å². The number of benzene rings is 1. The molecule has 5 aliphatic rings. The fourth-order valence-corrected chi connectivity index (χ4v) is 11.2. The van der Waals surface area contributed by atoms with Crippen LogP contribution in [0.1, 0.15) is 123 Å². The lowest BCUT2D eigenvalue weighted by molar-refractivity contribution is -0.135. The van der Waals surface area contributed by atoms with Crippen LogP contribution in [0.4, 0.5) is 5.69 Å². The number of aryl methyl sites for hydroxylation is 1. The lowest BCUT2D eigenvalue weighted by Gasteiger charge is -2.62. The molecule has 0 N–H and O–H groups in total. The molecule has 1 saturated heterocycles. The molecule has 36 heavy (non-hydrogen) atoms. The summed E-state index contributed by atoms with van der Waals surface area (Å²) in [5, 5.41) is 0. The van der Waals surface area contributed by atoms with Gasteiger partial charge in [-0.1, -0.05) is 52.2 Å². The van der Waals surface area contributed by atoms with E-state index < -0.39 is 0 Å². The molecule has 1 aliphatic heterocycles. The molecule has 1 heteroatoms. The molecule has 0 aromatic heterocycles. The molecule has 8 atom stereocenters. The molecule has 6 rings (SSSR count). The average molecular weight is 490 g/mol. The number of piperidine rings is 1. The number of rotatable bonds is 6. The molecule has 1 heterocycles. The highest BCUT2D eigenvalue weighted by molar-refractivity contribution is 5.49. The first-order valence-electron chi connectivity index (χ1n) is 16.4. The van der Waals surface area contributed by atoms with Crippen molar-refractivity contribution in [2.75, 3.05) is 18.0 Å². The van der Waals surface area contributed by atoms with E-state index in [-0.39, 0.29) is 0 Å². The van der Waals surface area contributed by atoms with Crippen LogP contribution in [0.5, 0.6) is 0 Å². The van der Waals surface area contributed by atoms with E-state index in [4.69, 9.17) is 0 Å². The van der Waals surface area contributed by atoms with Gasteiger partial charge in [0.25, 0.3) is 0 Å². The molecule has 200 valence electrons. The first-order chi connectivity index (χ1) is 17.5. The summed E-state index contributed by atoms with van der Waals surface area (Å²) in [7, 11) is 0. The van der Waals surface area contributed by atoms with Crippen molar-refractivity contribution in [2.24, 2.45) is 46.3 Å². The zero-order chi connectivity index (χ0) is 24.8. The Morgan fingerprint density at radius 1 is 0.833 bits per heavy atom. The van der Waals surface area contributed by atoms with Crippen LogP contribution in [0.3, 0.4) is 0 Å². The largest absolute Gasteiger partial charge is 0.372 e. The predicted molar refractivity (Wildman–Crippen MR) is 154 cm³/mol. The number of hydrogen-bond acceptors (Lipinski definition) is 1. The first kappa shape index (κ1) is 25.3. The third-order valence-corrected chi connectivity index (χ3v) is 13.1. The van der Waals surface area contributed by atoms with Crippen molar-refractivity contribution < 1.29 is 0 Å². The number of nitrogens with zero attached hydrogens (tertiary/aromatic N) is 1. The van der Waals surface area contributed by atoms with Gasteiger partial charge in [-0.05, 0) is 148 Å². The van der Waals surface area contributed by atoms with E-state index in [2.05, 4.69) is 49.9 Å². The van der Waals surface area contributed by atoms with Gasteiger partial charge in [-0.3, -0.25) is 0 Å². The van der Waals surface area contributed by atoms with Crippen molar-refractivity contribution in [3.05, 3.63) is 29.8 Å². The van der Waals surface area contributed by atoms with Crippen LogP contribution >= 0.6 is 0 Å². The SMILES string of the molecule is CC[C@H]1CC2[C@@H]3CCC(CCCc4cccc(N5CCCCC5)c4)C3(C)CC[C@@H]2C2(C)CCCCC12. The Labute approximate surface area is 223 Å². The van der Waals surface area contributed by atoms with Gasteiger partial charge in [-0.15, -0.1) is 0 Å². The van der Waals surface area contributed by atoms with Crippen LogP contribution < -0.4 is 4.90 Å². The second-order valence-corrected chi connectivity index (χ2v) is 14.6. The van der Waals surface area contributed by atoms with E-state index in [0.717, 1.165) is 35.5 Å². The summed E-state index contributed by atoms with van der Waals surface area (Å²) < 4.78 is 0. The van der Waals surface area contributed by atoms with Crippen LogP contribution in [0.2, 0.25) is 0 Å². The molecular formula is C35H55N. The summed E-state index contributed by atoms with van der Waals surface area (Å²) in [6.45, 7) is 10.6. The second kappa shape index (κ2) is 10.3. The van der Waals surface area contributed by atoms with E-state index in [1.165, 1.54) is 89.4 Å². The lowest BCUT2D eigenvalue weighted by atomic mass is 9.42. The van der Waals surface area contributed by atoms with Gasteiger partial charge in [0.15, 0.2) is 0 Å². The van der Waals surface area contributed by atoms with Crippen molar-refractivity contribution in [1.29, 1.82) is 0 Å². The Kier molecular flexibility index (Phi) is 7.24. The van der Waals surface area contributed by atoms with Gasteiger partial charge in [-0.2, -0.15) is 0 Å². The average Bonchev–Trinajstić information content (AvgIpc) is 3.25. The lowest BCUT2D eigenvalue weighted by Crippen LogP contribution is -2.55. The van der Waals surface area contributed by atoms with E-state index in [0.29, 0.717) is 10.8 Å². The highest BCUT2D eigenvalue weighted by Crippen LogP contribution is 2.69. The minimum Gasteiger partial charge on any atom is -0.372 e. The fourth-order valence-electron chi connectivity index (χ4n) is 11.2. The zero-order valence-electron chi connectivity index (χ0n) is 23.9. The van der Waals surface area contributed by atoms with Crippen LogP contribution in [0.25, 0.3) is 0 Å². The Hall–Kier alpha value is -0.980. The van der Waals surface area contributed by atoms with Gasteiger partial charge in [0.05, 0.1) is 0 Å². The Morgan fingerprint density at radius 3 is 2.50 bits per heavy atom. The molecule has 0 amide bonds. The molecule has 0 bridgehead atoms. The van der Waals surface area contributed by atoms with Gasteiger partial charge in [0.1, 0.15) is 0 Å². The topological polar surface area (TPSA) is 3.24 Å². The summed E-state index contributed by atoms with van der Waals surface area (Å²) in [6, 6.07) is 9.58. The second-order valence-electron chi connectivity index (χ2n) is 14.6. The van der Waals surface area contributed by atoms with Gasteiger partial charge in [-0.25, -0.2) is 0 Å². The van der Waals surface area contributed by atoms with E-state index in [1.54, 1.807) is 37.7 Å². The maximum absolute atomic E-state index is 2.77. The predicted octanol–water partition coefficient (Wildman–Crippen LogP) is 9.68. The minimum atomic E-state index is 0.632. The van der Waals surface area contributed by atoms with Gasteiger partial charge in [0, 0.05) is 18.8 Å². The summed E-state index contributed by atoms with van der Waals surface area (Å²) in [6.07, 6.45) is 23.6. The van der Waals surface area contributed by atoms with E-state index >= 15 is 0 Å². The highest BCUT2D eigenvalue weighted by atomic mass is 15.1. The molecular weight excluding hydrogens is 434 g/mol. The fraction of sp³-hybridized carbons (Fsp3) is 0.829. The molecule has 5 unspecified atom stereocenters. The standard InChI is InChI=1S/C35H55N/c1-4-27-25-30-32-18-17-28(34(32,2)21-19-33(30)35(3)20-7-6-16-31(27)35)14-10-12-26-13-11-15-29(24-26)36-22-8-5-9-23-36/h11,13,15,24,27-28,30-33H,4-10,12,14,16-23,25H2,1-3H3/t27-,28?,30?,31?,32-,33-,34?,35?/m0/s1. The van der Waals surface area contributed by atoms with Crippen molar-refractivity contribution in [1.82, 2.24) is 0 Å². The first-order valence-corrected chi connectivity index (χ1v) is 16.4. The van der Waals surface area contributed by atoms with Crippen molar-refractivity contribution in [2.45, 2.75) is 124 Å². The molecule has 5 fully saturated rings. The zero-order valence-corrected chi connectivity index (χ0v) is 23.9. The number of hydrogen-bond donors (Lipinski definition) is 0. The maximum atomic E-state index is 2.77. The molecule has 1 nitrogen and oxygen atoms in total. The molecule has 0 spiro atoms. The smallest absolute Gasteiger partial charge is 0.0368 e. The molecule has 0 radical (unpaired) electrons. The third-order valence-electron chi connectivity index (χ3n) is 13.1. The quantitative estimate of drug-likeness (QED) is 0.384. The van der Waals surface area contributed by atoms with Crippen molar-refractivity contribution >= 4 is 5.69 Å². The summed E-state index contributed by atoms with van der Waals surface area (Å²) in [5.74, 6) is 6.15. The Morgan fingerprint density at radius 2 is 1.67 bits per heavy atom. The monoisotopic (exact) mass is 489 g/mol. The molecule has 4 aliphatic carbocycles. The van der Waals surface area contributed by atoms with Crippen LogP contribution in [-0.2, 0) is 6.42 Å². The number of fused-ring (bicyclic) bond motifs is 5. The van der Waals surface area contributed by atoms with Crippen LogP contribution in [0, 0.1) is 46.3 Å². The van der Waals surface area contributed by atoms with Crippen molar-refractivity contribution in [3.63, 3.8) is 0 Å². The summed E-state index contributed by atoms with van der Waals surface area (Å²) in [4.78, 5) is 2.62. The van der Waals surface area contributed by atoms with Gasteiger partial charge >= 0.3 is 0 Å². The highest BCUT2D eigenvalue weighted by Gasteiger charge is 2.60. The minimum absolute atomic E-state index is 0.632. The molecule has 4 saturated carbocycles. The Balaban J connectivity index is 1.10. The maximum Gasteiger partial charge on any atom is 0.0368 e. The van der Waals surface area contributed by atoms with Crippen LogP contribution in [-0.4, -0.2) is 13.1 Å². The summed E-state index contributed by atoms with van der Waals surface area (Å²) in [5.41, 5.74) is 4.36. The van der Waals surface area contributed by atoms with Gasteiger partial charge < -0.3 is 4.90 Å².